The Morgan fingerprint density at radius 2 is 1.63 bits per heavy atom. The third-order valence-electron chi connectivity index (χ3n) is 2.65. The zero-order valence-electron chi connectivity index (χ0n) is 11.5. The largest absolute Gasteiger partial charge is 0.462 e. The molecule has 0 aliphatic carbocycles. The van der Waals surface area contributed by atoms with E-state index in [1.807, 2.05) is 0 Å². The fraction of sp³-hybridized carbons (Fsp3) is 0.429. The van der Waals surface area contributed by atoms with Crippen LogP contribution in [0.15, 0.2) is 24.3 Å². The maximum Gasteiger partial charge on any atom is 0.338 e. The van der Waals surface area contributed by atoms with Gasteiger partial charge >= 0.3 is 5.97 Å². The molecule has 0 atom stereocenters. The fourth-order valence-corrected chi connectivity index (χ4v) is 2.44. The summed E-state index contributed by atoms with van der Waals surface area (Å²) < 4.78 is 5.23. The molecule has 0 spiro atoms. The average molecular weight is 343 g/mol. The summed E-state index contributed by atoms with van der Waals surface area (Å²) in [5, 5.41) is 0.285. The molecule has 0 unspecified atom stereocenters. The first-order valence-corrected chi connectivity index (χ1v) is 11.0. The Labute approximate surface area is 123 Å². The van der Waals surface area contributed by atoms with E-state index in [9.17, 15) is 9.59 Å². The molecule has 0 bridgehead atoms. The summed E-state index contributed by atoms with van der Waals surface area (Å²) in [6.45, 7) is 7.18. The van der Waals surface area contributed by atoms with Crippen LogP contribution in [0.1, 0.15) is 20.7 Å². The zero-order valence-corrected chi connectivity index (χ0v) is 14.1. The van der Waals surface area contributed by atoms with Crippen molar-refractivity contribution >= 4 is 35.8 Å². The van der Waals surface area contributed by atoms with Crippen molar-refractivity contribution in [2.24, 2.45) is 0 Å². The smallest absolute Gasteiger partial charge is 0.338 e. The number of ketones is 1. The highest BCUT2D eigenvalue weighted by Crippen LogP contribution is 2.11. The minimum absolute atomic E-state index is 0.00125. The molecule has 0 amide bonds. The van der Waals surface area contributed by atoms with Crippen LogP contribution in [0.4, 0.5) is 0 Å². The van der Waals surface area contributed by atoms with Gasteiger partial charge in [0.1, 0.15) is 0 Å². The highest BCUT2D eigenvalue weighted by molar-refractivity contribution is 9.09. The Hall–Kier alpha value is -0.943. The van der Waals surface area contributed by atoms with Gasteiger partial charge in [0.2, 0.25) is 0 Å². The van der Waals surface area contributed by atoms with Crippen molar-refractivity contribution in [3.05, 3.63) is 35.4 Å². The van der Waals surface area contributed by atoms with Gasteiger partial charge in [0.05, 0.1) is 17.5 Å². The summed E-state index contributed by atoms with van der Waals surface area (Å²) in [7, 11) is -1.18. The number of Topliss-reactive ketones (excluding diaryl/α,β-unsaturated/α-hetero) is 1. The Morgan fingerprint density at radius 1 is 1.11 bits per heavy atom. The Bertz CT molecular complexity index is 449. The number of rotatable bonds is 6. The molecule has 1 rings (SSSR count). The van der Waals surface area contributed by atoms with Gasteiger partial charge in [-0.25, -0.2) is 4.79 Å². The monoisotopic (exact) mass is 342 g/mol. The molecule has 5 heteroatoms. The lowest BCUT2D eigenvalue weighted by molar-refractivity contribution is 0.0525. The van der Waals surface area contributed by atoms with Crippen molar-refractivity contribution in [3.63, 3.8) is 0 Å². The molecule has 104 valence electrons. The Kier molecular flexibility index (Phi) is 5.94. The van der Waals surface area contributed by atoms with Crippen molar-refractivity contribution in [3.8, 4) is 0 Å². The topological polar surface area (TPSA) is 43.4 Å². The molecule has 0 N–H and O–H groups in total. The van der Waals surface area contributed by atoms with E-state index in [1.165, 1.54) is 0 Å². The van der Waals surface area contributed by atoms with Gasteiger partial charge in [-0.3, -0.25) is 4.79 Å². The molecule has 19 heavy (non-hydrogen) atoms. The molecule has 0 aliphatic heterocycles. The van der Waals surface area contributed by atoms with Gasteiger partial charge in [0.25, 0.3) is 0 Å². The molecular formula is C14H19BrO3Si. The van der Waals surface area contributed by atoms with Crippen LogP contribution in [-0.4, -0.2) is 31.8 Å². The van der Waals surface area contributed by atoms with Crippen molar-refractivity contribution in [1.29, 1.82) is 0 Å². The van der Waals surface area contributed by atoms with Crippen LogP contribution in [0, 0.1) is 0 Å². The average Bonchev–Trinajstić information content (AvgIpc) is 2.36. The summed E-state index contributed by atoms with van der Waals surface area (Å²) in [5.41, 5.74) is 1.08. The molecule has 0 fully saturated rings. The van der Waals surface area contributed by atoms with E-state index < -0.39 is 8.07 Å². The molecule has 1 aromatic carbocycles. The molecule has 0 aliphatic rings. The van der Waals surface area contributed by atoms with Gasteiger partial charge in [0, 0.05) is 13.6 Å². The lowest BCUT2D eigenvalue weighted by Gasteiger charge is -2.15. The third kappa shape index (κ3) is 5.70. The highest BCUT2D eigenvalue weighted by atomic mass is 79.9. The minimum Gasteiger partial charge on any atom is -0.462 e. The normalized spacial score (nSPS) is 11.2. The second kappa shape index (κ2) is 7.00. The van der Waals surface area contributed by atoms with E-state index in [-0.39, 0.29) is 17.1 Å². The maximum absolute atomic E-state index is 11.8. The minimum atomic E-state index is -1.18. The predicted octanol–water partition coefficient (Wildman–Crippen LogP) is 3.76. The lowest BCUT2D eigenvalue weighted by Crippen LogP contribution is -2.22. The summed E-state index contributed by atoms with van der Waals surface area (Å²) in [6, 6.07) is 7.52. The Morgan fingerprint density at radius 3 is 2.11 bits per heavy atom. The van der Waals surface area contributed by atoms with E-state index in [4.69, 9.17) is 4.74 Å². The third-order valence-corrected chi connectivity index (χ3v) is 4.86. The molecule has 0 saturated heterocycles. The van der Waals surface area contributed by atoms with Gasteiger partial charge < -0.3 is 4.74 Å². The number of halogens is 1. The molecule has 0 heterocycles. The number of hydrogen-bond acceptors (Lipinski definition) is 3. The summed E-state index contributed by atoms with van der Waals surface area (Å²) in [5.74, 6) is -0.324. The summed E-state index contributed by atoms with van der Waals surface area (Å²) in [6.07, 6.45) is 0. The van der Waals surface area contributed by atoms with E-state index in [2.05, 4.69) is 35.6 Å². The SMILES string of the molecule is C[Si](C)(C)CCOC(=O)c1ccc(C(=O)CBr)cc1. The first-order chi connectivity index (χ1) is 8.83. The lowest BCUT2D eigenvalue weighted by atomic mass is 10.1. The number of benzene rings is 1. The number of hydrogen-bond donors (Lipinski definition) is 0. The summed E-state index contributed by atoms with van der Waals surface area (Å²) >= 11 is 3.11. The van der Waals surface area contributed by atoms with Crippen molar-refractivity contribution in [2.45, 2.75) is 25.7 Å². The van der Waals surface area contributed by atoms with Gasteiger partial charge in [-0.15, -0.1) is 0 Å². The first-order valence-electron chi connectivity index (χ1n) is 6.20. The maximum atomic E-state index is 11.8. The number of carbonyl (C=O) groups excluding carboxylic acids is 2. The second-order valence-electron chi connectivity index (χ2n) is 5.58. The quantitative estimate of drug-likeness (QED) is 0.342. The Balaban J connectivity index is 2.56. The van der Waals surface area contributed by atoms with Crippen LogP contribution < -0.4 is 0 Å². The second-order valence-corrected chi connectivity index (χ2v) is 11.8. The molecule has 1 aromatic rings. The van der Waals surface area contributed by atoms with Crippen molar-refractivity contribution in [2.75, 3.05) is 11.9 Å². The number of alkyl halides is 1. The van der Waals surface area contributed by atoms with Gasteiger partial charge in [-0.2, -0.15) is 0 Å². The standard InChI is InChI=1S/C14H19BrO3Si/c1-19(2,3)9-8-18-14(17)12-6-4-11(5-7-12)13(16)10-15/h4-7H,8-10H2,1-3H3. The predicted molar refractivity (Wildman–Crippen MR) is 83.0 cm³/mol. The van der Waals surface area contributed by atoms with Crippen molar-refractivity contribution in [1.82, 2.24) is 0 Å². The first kappa shape index (κ1) is 16.1. The van der Waals surface area contributed by atoms with E-state index in [1.54, 1.807) is 24.3 Å². The van der Waals surface area contributed by atoms with Crippen LogP contribution in [0.2, 0.25) is 25.7 Å². The fourth-order valence-electron chi connectivity index (χ4n) is 1.40. The number of ether oxygens (including phenoxy) is 1. The van der Waals surface area contributed by atoms with E-state index >= 15 is 0 Å². The van der Waals surface area contributed by atoms with Gasteiger partial charge in [-0.1, -0.05) is 47.7 Å². The molecule has 0 aromatic heterocycles. The van der Waals surface area contributed by atoms with Gasteiger partial charge in [-0.05, 0) is 18.2 Å². The molecule has 0 saturated carbocycles. The van der Waals surface area contributed by atoms with Crippen molar-refractivity contribution < 1.29 is 14.3 Å². The van der Waals surface area contributed by atoms with Crippen LogP contribution in [0.5, 0.6) is 0 Å². The molecule has 0 radical (unpaired) electrons. The van der Waals surface area contributed by atoms with Crippen LogP contribution in [0.3, 0.4) is 0 Å². The molecular weight excluding hydrogens is 324 g/mol. The zero-order chi connectivity index (χ0) is 14.5. The van der Waals surface area contributed by atoms with Crippen LogP contribution in [-0.2, 0) is 4.74 Å². The van der Waals surface area contributed by atoms with Crippen LogP contribution in [0.25, 0.3) is 0 Å². The van der Waals surface area contributed by atoms with Gasteiger partial charge in [0.15, 0.2) is 5.78 Å². The van der Waals surface area contributed by atoms with E-state index in [0.717, 1.165) is 6.04 Å². The van der Waals surface area contributed by atoms with E-state index in [0.29, 0.717) is 17.7 Å². The molecule has 3 nitrogen and oxygen atoms in total. The number of carbonyl (C=O) groups is 2. The number of esters is 1. The van der Waals surface area contributed by atoms with Crippen LogP contribution >= 0.6 is 15.9 Å². The highest BCUT2D eigenvalue weighted by Gasteiger charge is 2.15. The summed E-state index contributed by atoms with van der Waals surface area (Å²) in [4.78, 5) is 23.2.